The van der Waals surface area contributed by atoms with Crippen LogP contribution in [-0.2, 0) is 11.2 Å². The van der Waals surface area contributed by atoms with Gasteiger partial charge in [0.15, 0.2) is 0 Å². The van der Waals surface area contributed by atoms with E-state index < -0.39 is 0 Å². The van der Waals surface area contributed by atoms with Crippen molar-refractivity contribution < 1.29 is 9.90 Å². The maximum Gasteiger partial charge on any atom is 0.226 e. The maximum absolute atomic E-state index is 11.8. The molecule has 0 aromatic heterocycles. The highest BCUT2D eigenvalue weighted by atomic mass is 16.3. The highest BCUT2D eigenvalue weighted by Gasteiger charge is 2.18. The number of anilines is 1. The Bertz CT molecular complexity index is 389. The van der Waals surface area contributed by atoms with Gasteiger partial charge in [0.2, 0.25) is 5.91 Å². The summed E-state index contributed by atoms with van der Waals surface area (Å²) in [5.41, 5.74) is 2.11. The summed E-state index contributed by atoms with van der Waals surface area (Å²) in [4.78, 5) is 13.5. The van der Waals surface area contributed by atoms with E-state index in [1.807, 2.05) is 24.3 Å². The summed E-state index contributed by atoms with van der Waals surface area (Å²) in [5.74, 6) is 0.0772. The lowest BCUT2D eigenvalue weighted by Crippen LogP contribution is -2.26. The number of amides is 1. The molecule has 1 aliphatic heterocycles. The van der Waals surface area contributed by atoms with Crippen LogP contribution < -0.4 is 4.90 Å². The van der Waals surface area contributed by atoms with Crippen LogP contribution in [0.5, 0.6) is 0 Å². The minimum Gasteiger partial charge on any atom is -0.393 e. The number of benzene rings is 1. The van der Waals surface area contributed by atoms with Gasteiger partial charge < -0.3 is 10.0 Å². The Labute approximate surface area is 95.7 Å². The molecule has 1 N–H and O–H groups in total. The minimum atomic E-state index is -0.358. The summed E-state index contributed by atoms with van der Waals surface area (Å²) in [5, 5.41) is 9.70. The van der Waals surface area contributed by atoms with E-state index in [0.717, 1.165) is 24.1 Å². The average Bonchev–Trinajstić information content (AvgIpc) is 2.36. The molecule has 0 bridgehead atoms. The van der Waals surface area contributed by atoms with Gasteiger partial charge in [-0.05, 0) is 30.9 Å². The van der Waals surface area contributed by atoms with Crippen LogP contribution >= 0.6 is 0 Å². The van der Waals surface area contributed by atoms with Gasteiger partial charge in [0, 0.05) is 19.2 Å². The predicted molar refractivity (Wildman–Crippen MR) is 63.4 cm³/mol. The number of hydrogen-bond acceptors (Lipinski definition) is 2. The molecule has 0 saturated heterocycles. The van der Waals surface area contributed by atoms with E-state index in [1.54, 1.807) is 11.9 Å². The largest absolute Gasteiger partial charge is 0.393 e. The fourth-order valence-corrected chi connectivity index (χ4v) is 2.11. The van der Waals surface area contributed by atoms with E-state index in [9.17, 15) is 9.90 Å². The van der Waals surface area contributed by atoms with E-state index in [-0.39, 0.29) is 12.0 Å². The number of rotatable bonds is 0. The van der Waals surface area contributed by atoms with Crippen molar-refractivity contribution in [1.82, 2.24) is 0 Å². The summed E-state index contributed by atoms with van der Waals surface area (Å²) in [6.07, 6.45) is 2.19. The third-order valence-electron chi connectivity index (χ3n) is 3.17. The van der Waals surface area contributed by atoms with Crippen molar-refractivity contribution in [2.75, 3.05) is 11.9 Å². The molecule has 0 aliphatic carbocycles. The van der Waals surface area contributed by atoms with Crippen LogP contribution in [0.2, 0.25) is 0 Å². The Hall–Kier alpha value is -1.35. The van der Waals surface area contributed by atoms with Crippen molar-refractivity contribution in [3.05, 3.63) is 29.8 Å². The molecule has 1 aromatic rings. The van der Waals surface area contributed by atoms with Gasteiger partial charge in [0.1, 0.15) is 0 Å². The quantitative estimate of drug-likeness (QED) is 0.722. The monoisotopic (exact) mass is 219 g/mol. The van der Waals surface area contributed by atoms with Crippen molar-refractivity contribution in [2.45, 2.75) is 31.8 Å². The van der Waals surface area contributed by atoms with Crippen molar-refractivity contribution in [3.63, 3.8) is 0 Å². The van der Waals surface area contributed by atoms with E-state index >= 15 is 0 Å². The topological polar surface area (TPSA) is 40.5 Å². The Morgan fingerprint density at radius 3 is 2.75 bits per heavy atom. The van der Waals surface area contributed by atoms with Crippen LogP contribution in [0.25, 0.3) is 0 Å². The lowest BCUT2D eigenvalue weighted by Gasteiger charge is -2.19. The fraction of sp³-hybridized carbons (Fsp3) is 0.462. The zero-order valence-corrected chi connectivity index (χ0v) is 9.52. The molecule has 0 spiro atoms. The first-order valence-corrected chi connectivity index (χ1v) is 5.71. The summed E-state index contributed by atoms with van der Waals surface area (Å²) < 4.78 is 0. The molecule has 16 heavy (non-hydrogen) atoms. The van der Waals surface area contributed by atoms with E-state index in [4.69, 9.17) is 0 Å². The Balaban J connectivity index is 2.35. The predicted octanol–water partition coefficient (Wildman–Crippen LogP) is 1.74. The van der Waals surface area contributed by atoms with Gasteiger partial charge in [-0.3, -0.25) is 4.79 Å². The number of hydrogen-bond donors (Lipinski definition) is 1. The fourth-order valence-electron chi connectivity index (χ4n) is 2.11. The lowest BCUT2D eigenvalue weighted by atomic mass is 10.0. The van der Waals surface area contributed by atoms with Crippen LogP contribution in [0.4, 0.5) is 5.69 Å². The van der Waals surface area contributed by atoms with Crippen molar-refractivity contribution in [2.24, 2.45) is 0 Å². The molecule has 3 heteroatoms. The highest BCUT2D eigenvalue weighted by Crippen LogP contribution is 2.24. The summed E-state index contributed by atoms with van der Waals surface area (Å²) in [7, 11) is 1.80. The number of para-hydroxylation sites is 1. The van der Waals surface area contributed by atoms with Crippen molar-refractivity contribution >= 4 is 11.6 Å². The van der Waals surface area contributed by atoms with Crippen molar-refractivity contribution in [1.29, 1.82) is 0 Å². The summed E-state index contributed by atoms with van der Waals surface area (Å²) in [6.45, 7) is 0. The molecular formula is C13H17NO2. The molecule has 1 heterocycles. The van der Waals surface area contributed by atoms with Gasteiger partial charge in [-0.2, -0.15) is 0 Å². The van der Waals surface area contributed by atoms with Crippen LogP contribution in [0.3, 0.4) is 0 Å². The second-order valence-corrected chi connectivity index (χ2v) is 4.31. The van der Waals surface area contributed by atoms with Gasteiger partial charge >= 0.3 is 0 Å². The number of aliphatic hydroxyl groups is 1. The first-order chi connectivity index (χ1) is 7.68. The molecule has 86 valence electrons. The van der Waals surface area contributed by atoms with E-state index in [0.29, 0.717) is 12.8 Å². The normalized spacial score (nSPS) is 22.0. The van der Waals surface area contributed by atoms with Crippen LogP contribution in [-0.4, -0.2) is 24.2 Å². The third kappa shape index (κ3) is 2.25. The lowest BCUT2D eigenvalue weighted by molar-refractivity contribution is -0.118. The molecule has 1 aliphatic rings. The number of fused-ring (bicyclic) bond motifs is 1. The molecular weight excluding hydrogens is 202 g/mol. The van der Waals surface area contributed by atoms with E-state index in [1.165, 1.54) is 0 Å². The molecule has 0 fully saturated rings. The number of carbonyl (C=O) groups excluding carboxylic acids is 1. The van der Waals surface area contributed by atoms with Crippen LogP contribution in [0.15, 0.2) is 24.3 Å². The first kappa shape index (κ1) is 11.1. The van der Waals surface area contributed by atoms with Crippen LogP contribution in [0, 0.1) is 0 Å². The Morgan fingerprint density at radius 2 is 1.94 bits per heavy atom. The number of aliphatic hydroxyl groups excluding tert-OH is 1. The first-order valence-electron chi connectivity index (χ1n) is 5.71. The molecule has 0 radical (unpaired) electrons. The molecule has 0 saturated carbocycles. The smallest absolute Gasteiger partial charge is 0.226 e. The molecule has 2 rings (SSSR count). The van der Waals surface area contributed by atoms with Gasteiger partial charge in [-0.1, -0.05) is 18.2 Å². The van der Waals surface area contributed by atoms with Gasteiger partial charge in [0.05, 0.1) is 6.10 Å². The standard InChI is InChI=1S/C13H17NO2/c1-14-12-5-3-2-4-10(12)6-7-11(15)8-9-13(14)16/h2-5,11,15H,6-9H2,1H3. The highest BCUT2D eigenvalue weighted by molar-refractivity contribution is 5.93. The van der Waals surface area contributed by atoms with Gasteiger partial charge in [0.25, 0.3) is 0 Å². The van der Waals surface area contributed by atoms with Gasteiger partial charge in [-0.15, -0.1) is 0 Å². The number of carbonyl (C=O) groups is 1. The Morgan fingerprint density at radius 1 is 1.25 bits per heavy atom. The molecule has 1 atom stereocenters. The molecule has 1 unspecified atom stereocenters. The minimum absolute atomic E-state index is 0.0772. The average molecular weight is 219 g/mol. The second kappa shape index (κ2) is 4.66. The molecule has 1 amide bonds. The Kier molecular flexibility index (Phi) is 3.25. The summed E-state index contributed by atoms with van der Waals surface area (Å²) >= 11 is 0. The zero-order chi connectivity index (χ0) is 11.5. The number of nitrogens with zero attached hydrogens (tertiary/aromatic N) is 1. The van der Waals surface area contributed by atoms with Gasteiger partial charge in [-0.25, -0.2) is 0 Å². The van der Waals surface area contributed by atoms with E-state index in [2.05, 4.69) is 0 Å². The molecule has 1 aromatic carbocycles. The summed E-state index contributed by atoms with van der Waals surface area (Å²) in [6, 6.07) is 7.90. The van der Waals surface area contributed by atoms with Crippen molar-refractivity contribution in [3.8, 4) is 0 Å². The second-order valence-electron chi connectivity index (χ2n) is 4.31. The number of aryl methyl sites for hydroxylation is 1. The third-order valence-corrected chi connectivity index (χ3v) is 3.17. The zero-order valence-electron chi connectivity index (χ0n) is 9.52. The SMILES string of the molecule is CN1C(=O)CCC(O)CCc2ccccc21. The van der Waals surface area contributed by atoms with Crippen LogP contribution in [0.1, 0.15) is 24.8 Å². The maximum atomic E-state index is 11.8. The molecule has 3 nitrogen and oxygen atoms in total.